The number of carbonyl (C=O) groups is 1. The minimum atomic E-state index is -0.252. The van der Waals surface area contributed by atoms with Crippen LogP contribution < -0.4 is 10.6 Å². The Morgan fingerprint density at radius 3 is 2.78 bits per heavy atom. The van der Waals surface area contributed by atoms with Crippen molar-refractivity contribution in [1.82, 2.24) is 0 Å². The first-order chi connectivity index (χ1) is 8.65. The summed E-state index contributed by atoms with van der Waals surface area (Å²) in [6.07, 6.45) is 1.75. The third-order valence-electron chi connectivity index (χ3n) is 2.85. The van der Waals surface area contributed by atoms with E-state index in [4.69, 9.17) is 0 Å². The molecule has 2 heterocycles. The first-order valence-electron chi connectivity index (χ1n) is 5.70. The van der Waals surface area contributed by atoms with E-state index in [0.717, 1.165) is 27.6 Å². The Kier molecular flexibility index (Phi) is 2.30. The topological polar surface area (TPSA) is 54.1 Å². The second-order valence-electron chi connectivity index (χ2n) is 4.22. The quantitative estimate of drug-likeness (QED) is 0.657. The van der Waals surface area contributed by atoms with Gasteiger partial charge in [-0.05, 0) is 13.0 Å². The van der Waals surface area contributed by atoms with Crippen molar-refractivity contribution in [3.05, 3.63) is 46.6 Å². The molecule has 3 rings (SSSR count). The maximum absolute atomic E-state index is 11.0. The fourth-order valence-corrected chi connectivity index (χ4v) is 2.19. The number of carbonyl (C=O) groups excluding carboxylic acids is 1. The molecule has 0 aliphatic carbocycles. The van der Waals surface area contributed by atoms with E-state index in [1.54, 1.807) is 6.08 Å². The van der Waals surface area contributed by atoms with Crippen LogP contribution in [0.4, 0.5) is 0 Å². The van der Waals surface area contributed by atoms with Gasteiger partial charge in [0.15, 0.2) is 5.84 Å². The average molecular weight is 237 g/mol. The van der Waals surface area contributed by atoms with E-state index in [1.165, 1.54) is 6.92 Å². The van der Waals surface area contributed by atoms with Crippen molar-refractivity contribution in [2.75, 3.05) is 0 Å². The molecule has 2 aliphatic heterocycles. The third kappa shape index (κ3) is 1.62. The predicted molar refractivity (Wildman–Crippen MR) is 69.9 cm³/mol. The van der Waals surface area contributed by atoms with Crippen molar-refractivity contribution in [2.45, 2.75) is 13.8 Å². The minimum absolute atomic E-state index is 0.252. The zero-order valence-electron chi connectivity index (χ0n) is 10.1. The summed E-state index contributed by atoms with van der Waals surface area (Å²) in [6.45, 7) is 3.33. The van der Waals surface area contributed by atoms with Crippen molar-refractivity contribution < 1.29 is 4.79 Å². The van der Waals surface area contributed by atoms with Gasteiger partial charge < -0.3 is 0 Å². The summed E-state index contributed by atoms with van der Waals surface area (Å²) in [5, 5.41) is 2.03. The fourth-order valence-electron chi connectivity index (χ4n) is 2.19. The molecule has 0 saturated heterocycles. The molecule has 18 heavy (non-hydrogen) atoms. The van der Waals surface area contributed by atoms with Crippen LogP contribution in [0.2, 0.25) is 0 Å². The van der Waals surface area contributed by atoms with Gasteiger partial charge in [-0.25, -0.2) is 9.98 Å². The number of hydrogen-bond acceptors (Lipinski definition) is 2. The smallest absolute Gasteiger partial charge is 0.244 e. The zero-order chi connectivity index (χ0) is 12.7. The summed E-state index contributed by atoms with van der Waals surface area (Å²) in [5.74, 6) is 0.174. The van der Waals surface area contributed by atoms with Crippen LogP contribution in [0.3, 0.4) is 0 Å². The summed E-state index contributed by atoms with van der Waals surface area (Å²) in [4.78, 5) is 23.7. The Bertz CT molecular complexity index is 766. The lowest BCUT2D eigenvalue weighted by molar-refractivity contribution is -0.115. The van der Waals surface area contributed by atoms with Gasteiger partial charge in [-0.1, -0.05) is 18.2 Å². The van der Waals surface area contributed by atoms with Crippen molar-refractivity contribution in [3.63, 3.8) is 0 Å². The van der Waals surface area contributed by atoms with Crippen LogP contribution in [-0.2, 0) is 4.79 Å². The number of allylic oxidation sites excluding steroid dienone is 1. The number of hydrogen-bond donors (Lipinski definition) is 0. The van der Waals surface area contributed by atoms with Crippen LogP contribution >= 0.6 is 0 Å². The molecule has 0 fully saturated rings. The molecule has 0 atom stereocenters. The number of rotatable bonds is 0. The highest BCUT2D eigenvalue weighted by atomic mass is 16.1. The predicted octanol–water partition coefficient (Wildman–Crippen LogP) is 0.774. The molecule has 0 aromatic heterocycles. The lowest BCUT2D eigenvalue weighted by atomic mass is 10.0. The molecular formula is C14H11N3O. The lowest BCUT2D eigenvalue weighted by Crippen LogP contribution is -2.24. The summed E-state index contributed by atoms with van der Waals surface area (Å²) in [7, 11) is 0. The lowest BCUT2D eigenvalue weighted by Gasteiger charge is -2.09. The van der Waals surface area contributed by atoms with Crippen LogP contribution in [0.1, 0.15) is 13.8 Å². The van der Waals surface area contributed by atoms with E-state index in [2.05, 4.69) is 15.0 Å². The Morgan fingerprint density at radius 2 is 2.00 bits per heavy atom. The average Bonchev–Trinajstić information content (AvgIpc) is 2.66. The van der Waals surface area contributed by atoms with Gasteiger partial charge in [-0.3, -0.25) is 4.79 Å². The Labute approximate surface area is 104 Å². The molecule has 1 aromatic carbocycles. The molecule has 0 saturated carbocycles. The SMILES string of the molecule is CC(=O)N=C1C=C2N=c3ccccc3=C2C(C)=N1. The van der Waals surface area contributed by atoms with E-state index in [0.29, 0.717) is 5.84 Å². The Balaban J connectivity index is 2.27. The van der Waals surface area contributed by atoms with Gasteiger partial charge in [0.1, 0.15) is 0 Å². The van der Waals surface area contributed by atoms with Crippen LogP contribution in [0.15, 0.2) is 51.0 Å². The number of dihydropyridines is 1. The Hall–Kier alpha value is -2.36. The monoisotopic (exact) mass is 237 g/mol. The summed E-state index contributed by atoms with van der Waals surface area (Å²) >= 11 is 0. The largest absolute Gasteiger partial charge is 0.273 e. The maximum Gasteiger partial charge on any atom is 0.244 e. The first kappa shape index (κ1) is 10.8. The molecule has 0 unspecified atom stereocenters. The summed E-state index contributed by atoms with van der Waals surface area (Å²) in [5.41, 5.74) is 2.72. The van der Waals surface area contributed by atoms with Crippen molar-refractivity contribution in [2.24, 2.45) is 15.0 Å². The molecule has 0 N–H and O–H groups in total. The van der Waals surface area contributed by atoms with Gasteiger partial charge in [-0.2, -0.15) is 4.99 Å². The molecular weight excluding hydrogens is 226 g/mol. The van der Waals surface area contributed by atoms with Crippen molar-refractivity contribution in [3.8, 4) is 0 Å². The van der Waals surface area contributed by atoms with Gasteiger partial charge in [-0.15, -0.1) is 0 Å². The standard InChI is InChI=1S/C14H11N3O/c1-8-14-10-5-3-4-6-11(10)17-12(14)7-13(15-8)16-9(2)18/h3-7H,1-2H3. The van der Waals surface area contributed by atoms with E-state index in [-0.39, 0.29) is 5.91 Å². The number of amidine groups is 1. The first-order valence-corrected chi connectivity index (χ1v) is 5.70. The number of nitrogens with zero attached hydrogens (tertiary/aromatic N) is 3. The zero-order valence-corrected chi connectivity index (χ0v) is 10.1. The van der Waals surface area contributed by atoms with Gasteiger partial charge >= 0.3 is 0 Å². The third-order valence-corrected chi connectivity index (χ3v) is 2.85. The van der Waals surface area contributed by atoms with Gasteiger partial charge in [0.25, 0.3) is 0 Å². The maximum atomic E-state index is 11.0. The van der Waals surface area contributed by atoms with Crippen LogP contribution in [0.5, 0.6) is 0 Å². The normalized spacial score (nSPS) is 18.8. The highest BCUT2D eigenvalue weighted by molar-refractivity contribution is 6.30. The molecule has 4 heteroatoms. The van der Waals surface area contributed by atoms with E-state index in [1.807, 2.05) is 31.2 Å². The molecule has 0 bridgehead atoms. The number of benzene rings is 1. The molecule has 4 nitrogen and oxygen atoms in total. The number of fused-ring (bicyclic) bond motifs is 2. The summed E-state index contributed by atoms with van der Waals surface area (Å²) in [6, 6.07) is 7.94. The van der Waals surface area contributed by atoms with Gasteiger partial charge in [0, 0.05) is 29.5 Å². The summed E-state index contributed by atoms with van der Waals surface area (Å²) < 4.78 is 0. The molecule has 2 aliphatic rings. The van der Waals surface area contributed by atoms with Crippen molar-refractivity contribution >= 4 is 23.0 Å². The second kappa shape index (κ2) is 3.84. The van der Waals surface area contributed by atoms with Crippen LogP contribution in [-0.4, -0.2) is 17.5 Å². The van der Waals surface area contributed by atoms with Crippen LogP contribution in [0.25, 0.3) is 5.57 Å². The molecule has 0 radical (unpaired) electrons. The number of aliphatic imine (C=N–C) groups is 2. The fraction of sp³-hybridized carbons (Fsp3) is 0.143. The Morgan fingerprint density at radius 1 is 1.22 bits per heavy atom. The van der Waals surface area contributed by atoms with Crippen molar-refractivity contribution in [1.29, 1.82) is 0 Å². The highest BCUT2D eigenvalue weighted by Gasteiger charge is 2.20. The molecule has 1 amide bonds. The number of amides is 1. The van der Waals surface area contributed by atoms with E-state index in [9.17, 15) is 4.79 Å². The number of para-hydroxylation sites is 1. The van der Waals surface area contributed by atoms with E-state index >= 15 is 0 Å². The molecule has 0 spiro atoms. The van der Waals surface area contributed by atoms with Gasteiger partial charge in [0.2, 0.25) is 5.91 Å². The van der Waals surface area contributed by atoms with Gasteiger partial charge in [0.05, 0.1) is 11.1 Å². The minimum Gasteiger partial charge on any atom is -0.273 e. The van der Waals surface area contributed by atoms with E-state index < -0.39 is 0 Å². The molecule has 1 aromatic rings. The van der Waals surface area contributed by atoms with Crippen LogP contribution in [0, 0.1) is 0 Å². The molecule has 88 valence electrons. The second-order valence-corrected chi connectivity index (χ2v) is 4.22. The highest BCUT2D eigenvalue weighted by Crippen LogP contribution is 2.20.